The number of benzene rings is 2. The minimum absolute atomic E-state index is 0.404. The first-order valence-electron chi connectivity index (χ1n) is 7.84. The van der Waals surface area contributed by atoms with E-state index in [-0.39, 0.29) is 0 Å². The Labute approximate surface area is 165 Å². The molecule has 0 aliphatic rings. The third-order valence-electron chi connectivity index (χ3n) is 3.33. The molecule has 138 valence electrons. The quantitative estimate of drug-likeness (QED) is 0.505. The molecule has 4 nitrogen and oxygen atoms in total. The van der Waals surface area contributed by atoms with Gasteiger partial charge in [-0.3, -0.25) is 0 Å². The summed E-state index contributed by atoms with van der Waals surface area (Å²) >= 11 is 7.71. The first kappa shape index (κ1) is 20.7. The van der Waals surface area contributed by atoms with Crippen molar-refractivity contribution >= 4 is 46.5 Å². The molecule has 0 amide bonds. The molecule has 0 heterocycles. The molecule has 1 atom stereocenters. The summed E-state index contributed by atoms with van der Waals surface area (Å²) in [6, 6.07) is 12.6. The summed E-state index contributed by atoms with van der Waals surface area (Å²) in [4.78, 5) is 13.5. The van der Waals surface area contributed by atoms with Gasteiger partial charge in [0.15, 0.2) is 0 Å². The topological polar surface area (TPSA) is 55.7 Å². The third kappa shape index (κ3) is 5.19. The molecular formula is C19H20ClNO3S2. The maximum atomic E-state index is 12.2. The van der Waals surface area contributed by atoms with Crippen molar-refractivity contribution in [2.45, 2.75) is 35.3 Å². The second-order valence-corrected chi connectivity index (χ2v) is 9.76. The van der Waals surface area contributed by atoms with Crippen LogP contribution in [0.4, 0.5) is 0 Å². The van der Waals surface area contributed by atoms with Crippen molar-refractivity contribution in [3.8, 4) is 0 Å². The number of halogens is 1. The van der Waals surface area contributed by atoms with Gasteiger partial charge in [-0.25, -0.2) is 9.00 Å². The van der Waals surface area contributed by atoms with Crippen molar-refractivity contribution < 1.29 is 13.7 Å². The summed E-state index contributed by atoms with van der Waals surface area (Å²) in [7, 11) is -0.0363. The molecule has 0 aromatic heterocycles. The van der Waals surface area contributed by atoms with Gasteiger partial charge in [0.1, 0.15) is 11.0 Å². The average Bonchev–Trinajstić information content (AvgIpc) is 2.60. The molecule has 7 heteroatoms. The van der Waals surface area contributed by atoms with E-state index in [1.165, 1.54) is 25.1 Å². The van der Waals surface area contributed by atoms with Gasteiger partial charge in [-0.2, -0.15) is 4.40 Å². The highest BCUT2D eigenvalue weighted by atomic mass is 35.5. The molecule has 0 aliphatic carbocycles. The lowest BCUT2D eigenvalue weighted by Gasteiger charge is -2.13. The molecule has 2 aromatic carbocycles. The predicted molar refractivity (Wildman–Crippen MR) is 109 cm³/mol. The Morgan fingerprint density at radius 2 is 1.81 bits per heavy atom. The van der Waals surface area contributed by atoms with E-state index in [4.69, 9.17) is 16.3 Å². The second-order valence-electron chi connectivity index (χ2n) is 6.34. The molecule has 0 bridgehead atoms. The van der Waals surface area contributed by atoms with Gasteiger partial charge in [0.05, 0.1) is 22.4 Å². The molecule has 26 heavy (non-hydrogen) atoms. The maximum absolute atomic E-state index is 12.2. The molecule has 1 unspecified atom stereocenters. The predicted octanol–water partition coefficient (Wildman–Crippen LogP) is 5.16. The lowest BCUT2D eigenvalue weighted by Crippen LogP contribution is -2.19. The highest BCUT2D eigenvalue weighted by molar-refractivity contribution is 7.99. The van der Waals surface area contributed by atoms with Gasteiger partial charge in [0.25, 0.3) is 0 Å². The van der Waals surface area contributed by atoms with Crippen LogP contribution < -0.4 is 0 Å². The number of ether oxygens (including phenoxy) is 1. The normalized spacial score (nSPS) is 13.0. The molecule has 2 aromatic rings. The van der Waals surface area contributed by atoms with Gasteiger partial charge in [0, 0.05) is 21.6 Å². The molecule has 0 N–H and O–H groups in total. The number of hydrogen-bond acceptors (Lipinski definition) is 4. The highest BCUT2D eigenvalue weighted by Gasteiger charge is 2.19. The Balaban J connectivity index is 2.41. The smallest absolute Gasteiger partial charge is 0.339 e. The lowest BCUT2D eigenvalue weighted by molar-refractivity contribution is 0.0597. The molecular weight excluding hydrogens is 390 g/mol. The monoisotopic (exact) mass is 409 g/mol. The first-order chi connectivity index (χ1) is 12.2. The van der Waals surface area contributed by atoms with E-state index in [1.807, 2.05) is 45.0 Å². The van der Waals surface area contributed by atoms with E-state index in [0.29, 0.717) is 16.1 Å². The Kier molecular flexibility index (Phi) is 7.03. The number of carbonyl (C=O) groups excluding carboxylic acids is 1. The van der Waals surface area contributed by atoms with Crippen molar-refractivity contribution in [1.29, 1.82) is 0 Å². The molecule has 0 spiro atoms. The van der Waals surface area contributed by atoms with Crippen LogP contribution in [-0.2, 0) is 15.7 Å². The summed E-state index contributed by atoms with van der Waals surface area (Å²) in [6.45, 7) is 5.57. The average molecular weight is 410 g/mol. The maximum Gasteiger partial charge on any atom is 0.339 e. The number of methoxy groups -OCH3 is 1. The van der Waals surface area contributed by atoms with Gasteiger partial charge in [-0.1, -0.05) is 41.6 Å². The molecule has 2 rings (SSSR count). The number of nitrogens with zero attached hydrogens (tertiary/aromatic N) is 1. The summed E-state index contributed by atoms with van der Waals surface area (Å²) in [5.74, 6) is -0.404. The van der Waals surface area contributed by atoms with Crippen LogP contribution in [0.2, 0.25) is 5.02 Å². The summed E-state index contributed by atoms with van der Waals surface area (Å²) in [5.41, 5.74) is 1.14. The van der Waals surface area contributed by atoms with E-state index in [0.717, 1.165) is 9.79 Å². The molecule has 0 saturated heterocycles. The summed E-state index contributed by atoms with van der Waals surface area (Å²) in [5, 5.41) is 0.500. The highest BCUT2D eigenvalue weighted by Crippen LogP contribution is 2.35. The van der Waals surface area contributed by atoms with Crippen molar-refractivity contribution in [1.82, 2.24) is 0 Å². The second kappa shape index (κ2) is 8.84. The van der Waals surface area contributed by atoms with Crippen molar-refractivity contribution in [3.05, 3.63) is 58.6 Å². The van der Waals surface area contributed by atoms with Crippen LogP contribution in [0.1, 0.15) is 36.7 Å². The largest absolute Gasteiger partial charge is 0.465 e. The van der Waals surface area contributed by atoms with Gasteiger partial charge < -0.3 is 4.74 Å². The number of rotatable bonds is 5. The summed E-state index contributed by atoms with van der Waals surface area (Å²) < 4.78 is 20.7. The minimum Gasteiger partial charge on any atom is -0.465 e. The van der Waals surface area contributed by atoms with Crippen molar-refractivity contribution in [3.63, 3.8) is 0 Å². The van der Waals surface area contributed by atoms with Crippen LogP contribution in [0.5, 0.6) is 0 Å². The lowest BCUT2D eigenvalue weighted by atomic mass is 10.2. The van der Waals surface area contributed by atoms with Gasteiger partial charge in [-0.15, -0.1) is 0 Å². The van der Waals surface area contributed by atoms with Crippen LogP contribution in [0.3, 0.4) is 0 Å². The van der Waals surface area contributed by atoms with Gasteiger partial charge in [-0.05, 0) is 45.0 Å². The fraction of sp³-hybridized carbons (Fsp3) is 0.263. The minimum atomic E-state index is -1.39. The fourth-order valence-corrected chi connectivity index (χ4v) is 3.80. The molecule has 0 fully saturated rings. The first-order valence-corrected chi connectivity index (χ1v) is 10.1. The van der Waals surface area contributed by atoms with Gasteiger partial charge in [0.2, 0.25) is 0 Å². The standard InChI is InChI=1S/C19H20ClNO3S2/c1-19(2,3)26(23)21-12-14-15(20)9-7-11-17(14)25-16-10-6-5-8-13(16)18(22)24-4/h5-12H,1-4H3. The van der Waals surface area contributed by atoms with Crippen LogP contribution in [-0.4, -0.2) is 28.2 Å². The molecule has 0 radical (unpaired) electrons. The zero-order chi connectivity index (χ0) is 19.3. The third-order valence-corrected chi connectivity index (χ3v) is 6.15. The summed E-state index contributed by atoms with van der Waals surface area (Å²) in [6.07, 6.45) is 1.53. The van der Waals surface area contributed by atoms with Crippen LogP contribution in [0, 0.1) is 0 Å². The SMILES string of the molecule is COC(=O)c1ccccc1Sc1cccc(Cl)c1C=NS(=O)C(C)(C)C. The zero-order valence-corrected chi connectivity index (χ0v) is 17.4. The van der Waals surface area contributed by atoms with Gasteiger partial charge >= 0.3 is 5.97 Å². The van der Waals surface area contributed by atoms with Crippen molar-refractivity contribution in [2.75, 3.05) is 7.11 Å². The van der Waals surface area contributed by atoms with E-state index >= 15 is 0 Å². The van der Waals surface area contributed by atoms with Crippen molar-refractivity contribution in [2.24, 2.45) is 4.40 Å². The number of esters is 1. The van der Waals surface area contributed by atoms with E-state index < -0.39 is 21.7 Å². The number of carbonyl (C=O) groups is 1. The number of hydrogen-bond donors (Lipinski definition) is 0. The Bertz CT molecular complexity index is 860. The molecule has 0 saturated carbocycles. The molecule has 0 aliphatic heterocycles. The van der Waals surface area contributed by atoms with Crippen LogP contribution in [0.25, 0.3) is 0 Å². The van der Waals surface area contributed by atoms with Crippen LogP contribution >= 0.6 is 23.4 Å². The van der Waals surface area contributed by atoms with E-state index in [1.54, 1.807) is 18.2 Å². The Hall–Kier alpha value is -1.63. The fourth-order valence-electron chi connectivity index (χ4n) is 1.94. The van der Waals surface area contributed by atoms with Crippen LogP contribution in [0.15, 0.2) is 56.7 Å². The Morgan fingerprint density at radius 1 is 1.15 bits per heavy atom. The van der Waals surface area contributed by atoms with E-state index in [9.17, 15) is 9.00 Å². The Morgan fingerprint density at radius 3 is 2.46 bits per heavy atom. The van der Waals surface area contributed by atoms with E-state index in [2.05, 4.69) is 4.40 Å². The zero-order valence-electron chi connectivity index (χ0n) is 15.0.